The Morgan fingerprint density at radius 3 is 2.60 bits per heavy atom. The molecule has 30 heavy (non-hydrogen) atoms. The second-order valence-corrected chi connectivity index (χ2v) is 8.83. The van der Waals surface area contributed by atoms with E-state index < -0.39 is 0 Å². The number of pyridine rings is 1. The molecule has 1 aromatic heterocycles. The van der Waals surface area contributed by atoms with E-state index in [1.807, 2.05) is 12.3 Å². The fourth-order valence-corrected chi connectivity index (χ4v) is 5.14. The van der Waals surface area contributed by atoms with Crippen LogP contribution >= 0.6 is 0 Å². The van der Waals surface area contributed by atoms with Gasteiger partial charge in [-0.25, -0.2) is 9.38 Å². The molecule has 7 heteroatoms. The van der Waals surface area contributed by atoms with Gasteiger partial charge in [-0.05, 0) is 37.8 Å². The Labute approximate surface area is 175 Å². The summed E-state index contributed by atoms with van der Waals surface area (Å²) < 4.78 is 17.2. The summed E-state index contributed by atoms with van der Waals surface area (Å²) in [5.41, 5.74) is 1.84. The van der Waals surface area contributed by atoms with Gasteiger partial charge in [0.15, 0.2) is 11.8 Å². The predicted octanol–water partition coefficient (Wildman–Crippen LogP) is 4.73. The number of aromatic nitrogens is 1. The molecule has 0 atom stereocenters. The fourth-order valence-electron chi connectivity index (χ4n) is 5.14. The maximum absolute atomic E-state index is 15.0. The van der Waals surface area contributed by atoms with Gasteiger partial charge < -0.3 is 14.7 Å². The Hall–Kier alpha value is -2.41. The first-order chi connectivity index (χ1) is 14.7. The minimum absolute atomic E-state index is 0.127. The average Bonchev–Trinajstić information content (AvgIpc) is 3.46. The second-order valence-electron chi connectivity index (χ2n) is 8.83. The first-order valence-electron chi connectivity index (χ1n) is 11.2. The van der Waals surface area contributed by atoms with Gasteiger partial charge in [-0.15, -0.1) is 5.06 Å². The van der Waals surface area contributed by atoms with E-state index in [1.54, 1.807) is 5.06 Å². The van der Waals surface area contributed by atoms with E-state index in [-0.39, 0.29) is 11.2 Å². The molecule has 0 bridgehead atoms. The molecular weight excluding hydrogens is 383 g/mol. The van der Waals surface area contributed by atoms with Crippen LogP contribution < -0.4 is 10.7 Å². The normalized spacial score (nSPS) is 20.8. The Kier molecular flexibility index (Phi) is 5.46. The van der Waals surface area contributed by atoms with Crippen molar-refractivity contribution in [1.29, 1.82) is 0 Å². The molecule has 1 aliphatic heterocycles. The Morgan fingerprint density at radius 2 is 1.87 bits per heavy atom. The number of benzene rings is 1. The molecule has 6 nitrogen and oxygen atoms in total. The zero-order valence-corrected chi connectivity index (χ0v) is 17.3. The van der Waals surface area contributed by atoms with E-state index >= 15 is 4.39 Å². The summed E-state index contributed by atoms with van der Waals surface area (Å²) in [6, 6.07) is 3.94. The van der Waals surface area contributed by atoms with Gasteiger partial charge in [-0.3, -0.25) is 4.79 Å². The Morgan fingerprint density at radius 1 is 1.10 bits per heavy atom. The van der Waals surface area contributed by atoms with Crippen molar-refractivity contribution in [1.82, 2.24) is 9.63 Å². The zero-order chi connectivity index (χ0) is 20.5. The monoisotopic (exact) mass is 412 g/mol. The second kappa shape index (κ2) is 8.38. The number of hydrogen-bond acceptors (Lipinski definition) is 5. The third-order valence-corrected chi connectivity index (χ3v) is 6.73. The molecule has 0 radical (unpaired) electrons. The first kappa shape index (κ1) is 19.5. The lowest BCUT2D eigenvalue weighted by Gasteiger charge is -2.25. The maximum atomic E-state index is 15.0. The highest BCUT2D eigenvalue weighted by atomic mass is 19.1. The van der Waals surface area contributed by atoms with Crippen LogP contribution in [0.2, 0.25) is 0 Å². The topological polar surface area (TPSA) is 58.9 Å². The Balaban J connectivity index is 1.56. The molecule has 2 aromatic rings. The minimum atomic E-state index is -0.346. The molecule has 2 fully saturated rings. The Bertz CT molecular complexity index is 998. The highest BCUT2D eigenvalue weighted by Crippen LogP contribution is 2.34. The third kappa shape index (κ3) is 3.83. The van der Waals surface area contributed by atoms with Gasteiger partial charge in [0.05, 0.1) is 17.7 Å². The van der Waals surface area contributed by atoms with Crippen LogP contribution in [0.3, 0.4) is 0 Å². The van der Waals surface area contributed by atoms with Gasteiger partial charge in [0, 0.05) is 29.2 Å². The van der Waals surface area contributed by atoms with Crippen molar-refractivity contribution < 1.29 is 9.23 Å². The van der Waals surface area contributed by atoms with E-state index in [2.05, 4.69) is 14.9 Å². The number of aliphatic imine (C=N–C) groups is 1. The molecule has 0 unspecified atom stereocenters. The first-order valence-corrected chi connectivity index (χ1v) is 11.2. The van der Waals surface area contributed by atoms with Gasteiger partial charge in [0.1, 0.15) is 12.5 Å². The molecule has 1 aromatic carbocycles. The largest absolute Gasteiger partial charge is 0.392 e. The molecule has 1 N–H and O–H groups in total. The van der Waals surface area contributed by atoms with Gasteiger partial charge in [-0.2, -0.15) is 0 Å². The van der Waals surface area contributed by atoms with Crippen molar-refractivity contribution in [2.45, 2.75) is 76.4 Å². The number of nitrogens with zero attached hydrogens (tertiary/aromatic N) is 3. The van der Waals surface area contributed by atoms with Crippen molar-refractivity contribution >= 4 is 23.0 Å². The zero-order valence-electron chi connectivity index (χ0n) is 17.3. The predicted molar refractivity (Wildman–Crippen MR) is 116 cm³/mol. The lowest BCUT2D eigenvalue weighted by molar-refractivity contribution is -0.0522. The van der Waals surface area contributed by atoms with Crippen LogP contribution in [0.5, 0.6) is 0 Å². The lowest BCUT2D eigenvalue weighted by atomic mass is 9.95. The molecule has 5 rings (SSSR count). The fraction of sp³-hybridized carbons (Fsp3) is 0.565. The van der Waals surface area contributed by atoms with Gasteiger partial charge in [0.2, 0.25) is 0 Å². The van der Waals surface area contributed by atoms with E-state index in [9.17, 15) is 4.79 Å². The van der Waals surface area contributed by atoms with Gasteiger partial charge in [0.25, 0.3) is 0 Å². The number of hydrogen-bond donors (Lipinski definition) is 1. The van der Waals surface area contributed by atoms with Crippen LogP contribution in [-0.2, 0) is 11.4 Å². The smallest absolute Gasteiger partial charge is 0.198 e. The molecule has 0 spiro atoms. The summed E-state index contributed by atoms with van der Waals surface area (Å²) >= 11 is 0. The number of anilines is 1. The SMILES string of the molecule is O=c1c(CN2CN=CO2)cn(C2CCCC2)c2cc(NC3CCCCC3)c(F)cc12. The van der Waals surface area contributed by atoms with Gasteiger partial charge >= 0.3 is 0 Å². The molecule has 2 aliphatic carbocycles. The molecule has 3 aliphatic rings. The van der Waals surface area contributed by atoms with Crippen molar-refractivity contribution in [3.05, 3.63) is 39.9 Å². The molecule has 0 saturated heterocycles. The molecule has 2 heterocycles. The highest BCUT2D eigenvalue weighted by molar-refractivity contribution is 5.83. The maximum Gasteiger partial charge on any atom is 0.198 e. The van der Waals surface area contributed by atoms with E-state index in [4.69, 9.17) is 4.84 Å². The molecule has 160 valence electrons. The summed E-state index contributed by atoms with van der Waals surface area (Å²) in [5, 5.41) is 5.50. The molecule has 0 amide bonds. The van der Waals surface area contributed by atoms with Crippen LogP contribution in [0.1, 0.15) is 69.4 Å². The number of fused-ring (bicyclic) bond motifs is 1. The summed E-state index contributed by atoms with van der Waals surface area (Å²) in [6.45, 7) is 0.741. The van der Waals surface area contributed by atoms with Crippen molar-refractivity contribution in [2.75, 3.05) is 12.0 Å². The van der Waals surface area contributed by atoms with Gasteiger partial charge in [-0.1, -0.05) is 32.1 Å². The average molecular weight is 413 g/mol. The van der Waals surface area contributed by atoms with E-state index in [1.165, 1.54) is 44.6 Å². The van der Waals surface area contributed by atoms with E-state index in [0.29, 0.717) is 41.9 Å². The van der Waals surface area contributed by atoms with E-state index in [0.717, 1.165) is 31.2 Å². The lowest BCUT2D eigenvalue weighted by Crippen LogP contribution is -2.26. The summed E-state index contributed by atoms with van der Waals surface area (Å²) in [7, 11) is 0. The number of nitrogens with one attached hydrogen (secondary N) is 1. The van der Waals surface area contributed by atoms with Crippen LogP contribution in [0.15, 0.2) is 28.1 Å². The summed E-state index contributed by atoms with van der Waals surface area (Å²) in [5.74, 6) is -0.346. The third-order valence-electron chi connectivity index (χ3n) is 6.73. The molecule has 2 saturated carbocycles. The quantitative estimate of drug-likeness (QED) is 0.771. The highest BCUT2D eigenvalue weighted by Gasteiger charge is 2.23. The number of hydroxylamine groups is 2. The minimum Gasteiger partial charge on any atom is -0.392 e. The standard InChI is InChI=1S/C23H29FN4O2/c24-20-10-19-22(11-21(20)26-17-6-2-1-3-7-17)28(18-8-4-5-9-18)13-16(23(19)29)12-27-14-25-15-30-27/h10-11,13,15,17-18,26H,1-9,12,14H2. The van der Waals surface area contributed by atoms with Crippen LogP contribution in [0, 0.1) is 5.82 Å². The summed E-state index contributed by atoms with van der Waals surface area (Å²) in [6.07, 6.45) is 13.7. The van der Waals surface area contributed by atoms with Crippen LogP contribution in [0.25, 0.3) is 10.9 Å². The number of rotatable bonds is 5. The van der Waals surface area contributed by atoms with Crippen molar-refractivity contribution in [3.8, 4) is 0 Å². The van der Waals surface area contributed by atoms with Crippen LogP contribution in [0.4, 0.5) is 10.1 Å². The summed E-state index contributed by atoms with van der Waals surface area (Å²) in [4.78, 5) is 22.6. The molecular formula is C23H29FN4O2. The van der Waals surface area contributed by atoms with Crippen molar-refractivity contribution in [2.24, 2.45) is 4.99 Å². The van der Waals surface area contributed by atoms with Crippen LogP contribution in [-0.4, -0.2) is 28.7 Å². The number of halogens is 1. The van der Waals surface area contributed by atoms with Crippen molar-refractivity contribution in [3.63, 3.8) is 0 Å².